The molecule has 1 nitrogen and oxygen atoms in total. The lowest BCUT2D eigenvalue weighted by atomic mass is 9.82. The fourth-order valence-electron chi connectivity index (χ4n) is 8.16. The van der Waals surface area contributed by atoms with Crippen molar-refractivity contribution in [2.45, 2.75) is 33.1 Å². The summed E-state index contributed by atoms with van der Waals surface area (Å²) in [5, 5.41) is 2.64. The zero-order valence-corrected chi connectivity index (χ0v) is 29.1. The number of hydrogen-bond donors (Lipinski definition) is 0. The zero-order chi connectivity index (χ0) is 33.3. The van der Waals surface area contributed by atoms with Crippen LogP contribution < -0.4 is 4.90 Å². The third-order valence-corrected chi connectivity index (χ3v) is 11.8. The molecule has 0 N–H and O–H groups in total. The van der Waals surface area contributed by atoms with Gasteiger partial charge in [0.2, 0.25) is 0 Å². The van der Waals surface area contributed by atoms with Crippen LogP contribution in [0.25, 0.3) is 53.6 Å². The average Bonchev–Trinajstić information content (AvgIpc) is 3.62. The van der Waals surface area contributed by atoms with Crippen molar-refractivity contribution in [3.05, 3.63) is 174 Å². The molecule has 0 bridgehead atoms. The van der Waals surface area contributed by atoms with Crippen LogP contribution in [0.15, 0.2) is 152 Å². The van der Waals surface area contributed by atoms with E-state index < -0.39 is 0 Å². The Hall–Kier alpha value is -5.44. The van der Waals surface area contributed by atoms with E-state index in [4.69, 9.17) is 0 Å². The molecule has 0 amide bonds. The van der Waals surface area contributed by atoms with Crippen molar-refractivity contribution in [3.8, 4) is 33.4 Å². The molecular weight excluding hydrogens is 611 g/mol. The van der Waals surface area contributed by atoms with E-state index in [1.165, 1.54) is 87.2 Å². The van der Waals surface area contributed by atoms with Crippen LogP contribution in [0, 0.1) is 13.8 Å². The largest absolute Gasteiger partial charge is 0.309 e. The summed E-state index contributed by atoms with van der Waals surface area (Å²) in [6, 6.07) is 56.1. The summed E-state index contributed by atoms with van der Waals surface area (Å²) in [7, 11) is 0. The van der Waals surface area contributed by atoms with Gasteiger partial charge in [0.05, 0.1) is 11.4 Å². The van der Waals surface area contributed by atoms with Gasteiger partial charge in [-0.25, -0.2) is 0 Å². The van der Waals surface area contributed by atoms with Gasteiger partial charge in [-0.1, -0.05) is 135 Å². The van der Waals surface area contributed by atoms with Gasteiger partial charge in [-0.3, -0.25) is 0 Å². The first kappa shape index (κ1) is 29.7. The van der Waals surface area contributed by atoms with E-state index >= 15 is 0 Å². The van der Waals surface area contributed by atoms with Crippen LogP contribution in [0.2, 0.25) is 0 Å². The van der Waals surface area contributed by atoms with Gasteiger partial charge < -0.3 is 4.90 Å². The maximum absolute atomic E-state index is 2.53. The van der Waals surface area contributed by atoms with Gasteiger partial charge in [-0.05, 0) is 88.7 Å². The Labute approximate surface area is 292 Å². The lowest BCUT2D eigenvalue weighted by molar-refractivity contribution is 0.660. The van der Waals surface area contributed by atoms with Crippen LogP contribution in [0.5, 0.6) is 0 Å². The Morgan fingerprint density at radius 1 is 0.490 bits per heavy atom. The van der Waals surface area contributed by atoms with Crippen molar-refractivity contribution in [2.75, 3.05) is 4.90 Å². The molecule has 0 fully saturated rings. The molecule has 0 atom stereocenters. The first-order chi connectivity index (χ1) is 23.9. The summed E-state index contributed by atoms with van der Waals surface area (Å²) in [4.78, 5) is 2.53. The molecule has 0 unspecified atom stereocenters. The summed E-state index contributed by atoms with van der Waals surface area (Å²) < 4.78 is 2.66. The van der Waals surface area contributed by atoms with E-state index in [9.17, 15) is 0 Å². The fraction of sp³-hybridized carbons (Fsp3) is 0.106. The van der Waals surface area contributed by atoms with E-state index in [1.807, 2.05) is 11.3 Å². The molecule has 0 spiro atoms. The molecule has 0 saturated heterocycles. The van der Waals surface area contributed by atoms with Crippen LogP contribution in [0.3, 0.4) is 0 Å². The van der Waals surface area contributed by atoms with E-state index in [2.05, 4.69) is 184 Å². The van der Waals surface area contributed by atoms with Crippen molar-refractivity contribution in [3.63, 3.8) is 0 Å². The van der Waals surface area contributed by atoms with Crippen molar-refractivity contribution in [1.82, 2.24) is 0 Å². The highest BCUT2D eigenvalue weighted by Gasteiger charge is 2.38. The minimum absolute atomic E-state index is 0.0995. The molecule has 1 aliphatic rings. The summed E-state index contributed by atoms with van der Waals surface area (Å²) >= 11 is 1.89. The molecule has 0 radical (unpaired) electrons. The van der Waals surface area contributed by atoms with Gasteiger partial charge >= 0.3 is 0 Å². The molecule has 2 heteroatoms. The Bertz CT molecular complexity index is 2570. The van der Waals surface area contributed by atoms with E-state index in [-0.39, 0.29) is 5.41 Å². The minimum Gasteiger partial charge on any atom is -0.309 e. The van der Waals surface area contributed by atoms with Gasteiger partial charge in [0.15, 0.2) is 0 Å². The highest BCUT2D eigenvalue weighted by Crippen LogP contribution is 2.55. The molecule has 1 heterocycles. The topological polar surface area (TPSA) is 3.24 Å². The first-order valence-corrected chi connectivity index (χ1v) is 17.9. The van der Waals surface area contributed by atoms with Crippen molar-refractivity contribution >= 4 is 48.6 Å². The standard InChI is InChI=1S/C47H37NS/c1-30-15-5-6-19-34(30)44-31(2)16-11-26-41(44)48(42-27-14-25-40-45(42)38-21-7-9-24-39(38)47(40,3)4)33-18-12-17-32(29-33)35-22-13-23-37-36-20-8-10-28-43(36)49-46(35)37/h5-29H,1-4H3. The monoisotopic (exact) mass is 647 g/mol. The van der Waals surface area contributed by atoms with Crippen molar-refractivity contribution in [1.29, 1.82) is 0 Å². The quantitative estimate of drug-likeness (QED) is 0.180. The molecule has 1 aliphatic carbocycles. The number of benzene rings is 7. The Kier molecular flexibility index (Phi) is 6.86. The maximum atomic E-state index is 2.53. The van der Waals surface area contributed by atoms with Crippen LogP contribution in [0.1, 0.15) is 36.1 Å². The first-order valence-electron chi connectivity index (χ1n) is 17.1. The summed E-state index contributed by atoms with van der Waals surface area (Å²) in [5.41, 5.74) is 16.4. The number of fused-ring (bicyclic) bond motifs is 6. The third-order valence-electron chi connectivity index (χ3n) is 10.6. The van der Waals surface area contributed by atoms with Gasteiger partial charge in [0.1, 0.15) is 0 Å². The van der Waals surface area contributed by atoms with Gasteiger partial charge in [-0.15, -0.1) is 11.3 Å². The summed E-state index contributed by atoms with van der Waals surface area (Å²) in [5.74, 6) is 0. The fourth-order valence-corrected chi connectivity index (χ4v) is 9.40. The Balaban J connectivity index is 1.34. The van der Waals surface area contributed by atoms with Crippen LogP contribution in [0.4, 0.5) is 17.1 Å². The van der Waals surface area contributed by atoms with Crippen LogP contribution in [-0.2, 0) is 5.41 Å². The number of nitrogens with zero attached hydrogens (tertiary/aromatic N) is 1. The number of anilines is 3. The molecule has 0 saturated carbocycles. The zero-order valence-electron chi connectivity index (χ0n) is 28.3. The molecule has 0 aliphatic heterocycles. The SMILES string of the molecule is Cc1ccccc1-c1c(C)cccc1N(c1cccc(-c2cccc3c2sc2ccccc23)c1)c1cccc2c1-c1ccccc1C2(C)C. The van der Waals surface area contributed by atoms with Crippen molar-refractivity contribution in [2.24, 2.45) is 0 Å². The van der Waals surface area contributed by atoms with Gasteiger partial charge in [0.25, 0.3) is 0 Å². The average molecular weight is 648 g/mol. The maximum Gasteiger partial charge on any atom is 0.0543 e. The minimum atomic E-state index is -0.0995. The van der Waals surface area contributed by atoms with Crippen LogP contribution in [-0.4, -0.2) is 0 Å². The highest BCUT2D eigenvalue weighted by molar-refractivity contribution is 7.26. The number of aryl methyl sites for hydroxylation is 2. The molecule has 49 heavy (non-hydrogen) atoms. The predicted molar refractivity (Wildman–Crippen MR) is 212 cm³/mol. The lowest BCUT2D eigenvalue weighted by Gasteiger charge is -2.31. The second-order valence-corrected chi connectivity index (χ2v) is 14.9. The number of thiophene rings is 1. The van der Waals surface area contributed by atoms with Gasteiger partial charge in [-0.2, -0.15) is 0 Å². The Morgan fingerprint density at radius 3 is 1.96 bits per heavy atom. The second kappa shape index (κ2) is 11.3. The Morgan fingerprint density at radius 2 is 1.10 bits per heavy atom. The molecule has 9 rings (SSSR count). The van der Waals surface area contributed by atoms with E-state index in [0.29, 0.717) is 0 Å². The third kappa shape index (κ3) is 4.59. The molecule has 1 aromatic heterocycles. The van der Waals surface area contributed by atoms with Crippen molar-refractivity contribution < 1.29 is 0 Å². The summed E-state index contributed by atoms with van der Waals surface area (Å²) in [6.45, 7) is 9.20. The lowest BCUT2D eigenvalue weighted by Crippen LogP contribution is -2.16. The number of hydrogen-bond acceptors (Lipinski definition) is 2. The second-order valence-electron chi connectivity index (χ2n) is 13.8. The molecule has 8 aromatic rings. The van der Waals surface area contributed by atoms with E-state index in [1.54, 1.807) is 0 Å². The number of rotatable bonds is 5. The smallest absolute Gasteiger partial charge is 0.0543 e. The van der Waals surface area contributed by atoms with E-state index in [0.717, 1.165) is 5.69 Å². The normalized spacial score (nSPS) is 13.1. The molecular formula is C47H37NS. The predicted octanol–water partition coefficient (Wildman–Crippen LogP) is 13.8. The van der Waals surface area contributed by atoms with Crippen LogP contribution >= 0.6 is 11.3 Å². The van der Waals surface area contributed by atoms with Gasteiger partial charge in [0, 0.05) is 42.4 Å². The molecule has 236 valence electrons. The molecule has 7 aromatic carbocycles. The summed E-state index contributed by atoms with van der Waals surface area (Å²) in [6.07, 6.45) is 0. The highest BCUT2D eigenvalue weighted by atomic mass is 32.1.